The highest BCUT2D eigenvalue weighted by Crippen LogP contribution is 2.29. The molecule has 5 heteroatoms. The van der Waals surface area contributed by atoms with Crippen molar-refractivity contribution in [1.29, 1.82) is 0 Å². The van der Waals surface area contributed by atoms with Crippen LogP contribution in [0.5, 0.6) is 11.5 Å². The number of hydrogen-bond donors (Lipinski definition) is 1. The third-order valence-electron chi connectivity index (χ3n) is 3.08. The van der Waals surface area contributed by atoms with E-state index in [1.54, 1.807) is 18.2 Å². The predicted octanol–water partition coefficient (Wildman–Crippen LogP) is 5.57. The fourth-order valence-corrected chi connectivity index (χ4v) is 2.31. The van der Waals surface area contributed by atoms with E-state index in [9.17, 15) is 0 Å². The highest BCUT2D eigenvalue weighted by molar-refractivity contribution is 6.42. The summed E-state index contributed by atoms with van der Waals surface area (Å²) in [5, 5.41) is 4.37. The second-order valence-corrected chi connectivity index (χ2v) is 5.61. The second-order valence-electron chi connectivity index (χ2n) is 4.80. The zero-order valence-electron chi connectivity index (χ0n) is 12.9. The van der Waals surface area contributed by atoms with Crippen molar-refractivity contribution in [1.82, 2.24) is 0 Å². The molecule has 0 aliphatic heterocycles. The standard InChI is InChI=1S/C18H19Cl2NO2/c1-3-9-23-17-8-5-13(10-18(17)22-4-2)12-21-14-6-7-15(19)16(20)11-14/h3,5-8,10-11,21H,1,4,9,12H2,2H3. The van der Waals surface area contributed by atoms with Crippen LogP contribution in [0.1, 0.15) is 12.5 Å². The Morgan fingerprint density at radius 1 is 1.04 bits per heavy atom. The first kappa shape index (κ1) is 17.5. The van der Waals surface area contributed by atoms with E-state index >= 15 is 0 Å². The summed E-state index contributed by atoms with van der Waals surface area (Å²) in [6.07, 6.45) is 1.70. The summed E-state index contributed by atoms with van der Waals surface area (Å²) in [5.41, 5.74) is 1.98. The lowest BCUT2D eigenvalue weighted by atomic mass is 10.2. The van der Waals surface area contributed by atoms with Gasteiger partial charge < -0.3 is 14.8 Å². The number of rotatable bonds is 8. The van der Waals surface area contributed by atoms with Crippen molar-refractivity contribution < 1.29 is 9.47 Å². The highest BCUT2D eigenvalue weighted by Gasteiger charge is 2.06. The van der Waals surface area contributed by atoms with Crippen LogP contribution in [-0.4, -0.2) is 13.2 Å². The van der Waals surface area contributed by atoms with Gasteiger partial charge in [-0.15, -0.1) is 0 Å². The van der Waals surface area contributed by atoms with E-state index in [-0.39, 0.29) is 0 Å². The maximum Gasteiger partial charge on any atom is 0.161 e. The Morgan fingerprint density at radius 3 is 2.57 bits per heavy atom. The van der Waals surface area contributed by atoms with E-state index in [1.165, 1.54) is 0 Å². The molecule has 2 aromatic carbocycles. The van der Waals surface area contributed by atoms with Crippen LogP contribution < -0.4 is 14.8 Å². The van der Waals surface area contributed by atoms with Gasteiger partial charge in [-0.25, -0.2) is 0 Å². The van der Waals surface area contributed by atoms with Crippen LogP contribution >= 0.6 is 23.2 Å². The molecule has 3 nitrogen and oxygen atoms in total. The van der Waals surface area contributed by atoms with Crippen LogP contribution in [0.25, 0.3) is 0 Å². The van der Waals surface area contributed by atoms with Crippen LogP contribution in [0, 0.1) is 0 Å². The van der Waals surface area contributed by atoms with E-state index in [0.717, 1.165) is 17.0 Å². The van der Waals surface area contributed by atoms with Crippen LogP contribution in [0.15, 0.2) is 49.1 Å². The fourth-order valence-electron chi connectivity index (χ4n) is 2.01. The summed E-state index contributed by atoms with van der Waals surface area (Å²) in [4.78, 5) is 0. The van der Waals surface area contributed by atoms with Gasteiger partial charge >= 0.3 is 0 Å². The number of benzene rings is 2. The number of ether oxygens (including phenoxy) is 2. The minimum absolute atomic E-state index is 0.445. The summed E-state index contributed by atoms with van der Waals surface area (Å²) in [5.74, 6) is 1.44. The average Bonchev–Trinajstić information content (AvgIpc) is 2.55. The first-order valence-corrected chi connectivity index (χ1v) is 8.08. The molecule has 0 fully saturated rings. The van der Waals surface area contributed by atoms with Gasteiger partial charge in [0.25, 0.3) is 0 Å². The molecule has 2 aromatic rings. The monoisotopic (exact) mass is 351 g/mol. The predicted molar refractivity (Wildman–Crippen MR) is 97.1 cm³/mol. The summed E-state index contributed by atoms with van der Waals surface area (Å²) in [6, 6.07) is 11.3. The summed E-state index contributed by atoms with van der Waals surface area (Å²) in [7, 11) is 0. The lowest BCUT2D eigenvalue weighted by molar-refractivity contribution is 0.296. The van der Waals surface area contributed by atoms with Gasteiger partial charge in [0.2, 0.25) is 0 Å². The SMILES string of the molecule is C=CCOc1ccc(CNc2ccc(Cl)c(Cl)c2)cc1OCC. The van der Waals surface area contributed by atoms with Crippen LogP contribution in [0.4, 0.5) is 5.69 Å². The quantitative estimate of drug-likeness (QED) is 0.630. The topological polar surface area (TPSA) is 30.5 Å². The van der Waals surface area contributed by atoms with Crippen molar-refractivity contribution in [3.8, 4) is 11.5 Å². The van der Waals surface area contributed by atoms with Crippen molar-refractivity contribution in [3.63, 3.8) is 0 Å². The molecule has 2 rings (SSSR count). The first-order valence-electron chi connectivity index (χ1n) is 7.32. The molecule has 23 heavy (non-hydrogen) atoms. The molecule has 0 spiro atoms. The maximum atomic E-state index is 6.01. The zero-order chi connectivity index (χ0) is 16.7. The normalized spacial score (nSPS) is 10.2. The van der Waals surface area contributed by atoms with Crippen LogP contribution in [-0.2, 0) is 6.54 Å². The molecule has 0 aliphatic rings. The minimum Gasteiger partial charge on any atom is -0.490 e. The number of nitrogens with one attached hydrogen (secondary N) is 1. The largest absolute Gasteiger partial charge is 0.490 e. The molecule has 1 N–H and O–H groups in total. The molecule has 0 atom stereocenters. The van der Waals surface area contributed by atoms with Crippen molar-refractivity contribution in [2.45, 2.75) is 13.5 Å². The van der Waals surface area contributed by atoms with Gasteiger partial charge in [-0.05, 0) is 42.8 Å². The number of anilines is 1. The van der Waals surface area contributed by atoms with Gasteiger partial charge in [0.15, 0.2) is 11.5 Å². The van der Waals surface area contributed by atoms with E-state index < -0.39 is 0 Å². The van der Waals surface area contributed by atoms with E-state index in [2.05, 4.69) is 11.9 Å². The maximum absolute atomic E-state index is 6.01. The lowest BCUT2D eigenvalue weighted by Gasteiger charge is -2.13. The number of halogens is 2. The number of hydrogen-bond acceptors (Lipinski definition) is 3. The van der Waals surface area contributed by atoms with E-state index in [1.807, 2.05) is 31.2 Å². The Bertz CT molecular complexity index is 674. The molecule has 0 amide bonds. The van der Waals surface area contributed by atoms with Gasteiger partial charge in [0, 0.05) is 12.2 Å². The molecule has 0 saturated carbocycles. The third-order valence-corrected chi connectivity index (χ3v) is 3.82. The van der Waals surface area contributed by atoms with Crippen LogP contribution in [0.2, 0.25) is 10.0 Å². The minimum atomic E-state index is 0.445. The Morgan fingerprint density at radius 2 is 1.87 bits per heavy atom. The molecular formula is C18H19Cl2NO2. The third kappa shape index (κ3) is 5.08. The summed E-state index contributed by atoms with van der Waals surface area (Å²) < 4.78 is 11.2. The van der Waals surface area contributed by atoms with Gasteiger partial charge in [-0.3, -0.25) is 0 Å². The molecule has 0 saturated heterocycles. The molecule has 0 heterocycles. The molecule has 0 aliphatic carbocycles. The molecule has 122 valence electrons. The molecule has 0 bridgehead atoms. The van der Waals surface area contributed by atoms with Gasteiger partial charge in [-0.1, -0.05) is 41.9 Å². The Balaban J connectivity index is 2.08. The summed E-state index contributed by atoms with van der Waals surface area (Å²) >= 11 is 11.9. The zero-order valence-corrected chi connectivity index (χ0v) is 14.5. The highest BCUT2D eigenvalue weighted by atomic mass is 35.5. The molecule has 0 radical (unpaired) electrons. The summed E-state index contributed by atoms with van der Waals surface area (Å²) in [6.45, 7) is 7.25. The average molecular weight is 352 g/mol. The Hall–Kier alpha value is -1.84. The Kier molecular flexibility index (Phi) is 6.63. The molecule has 0 unspecified atom stereocenters. The van der Waals surface area contributed by atoms with Gasteiger partial charge in [0.05, 0.1) is 16.7 Å². The van der Waals surface area contributed by atoms with E-state index in [0.29, 0.717) is 35.6 Å². The van der Waals surface area contributed by atoms with Crippen molar-refractivity contribution in [2.75, 3.05) is 18.5 Å². The first-order chi connectivity index (χ1) is 11.1. The van der Waals surface area contributed by atoms with Crippen LogP contribution in [0.3, 0.4) is 0 Å². The van der Waals surface area contributed by atoms with Crippen molar-refractivity contribution in [2.24, 2.45) is 0 Å². The van der Waals surface area contributed by atoms with E-state index in [4.69, 9.17) is 32.7 Å². The van der Waals surface area contributed by atoms with Crippen molar-refractivity contribution in [3.05, 3.63) is 64.7 Å². The lowest BCUT2D eigenvalue weighted by Crippen LogP contribution is -2.03. The van der Waals surface area contributed by atoms with Gasteiger partial charge in [-0.2, -0.15) is 0 Å². The second kappa shape index (κ2) is 8.70. The van der Waals surface area contributed by atoms with Crippen molar-refractivity contribution >= 4 is 28.9 Å². The van der Waals surface area contributed by atoms with Gasteiger partial charge in [0.1, 0.15) is 6.61 Å². The molecule has 0 aromatic heterocycles. The molecular weight excluding hydrogens is 333 g/mol. The smallest absolute Gasteiger partial charge is 0.161 e. The Labute approximate surface area is 146 Å². The fraction of sp³-hybridized carbons (Fsp3) is 0.222.